The van der Waals surface area contributed by atoms with E-state index in [1.807, 2.05) is 11.0 Å². The van der Waals surface area contributed by atoms with E-state index in [1.165, 1.54) is 12.8 Å². The molecule has 1 aromatic rings. The Kier molecular flexibility index (Phi) is 4.11. The second-order valence-corrected chi connectivity index (χ2v) is 7.08. The summed E-state index contributed by atoms with van der Waals surface area (Å²) < 4.78 is 10.8. The largest absolute Gasteiger partial charge is 0.381 e. The maximum atomic E-state index is 12.7. The first kappa shape index (κ1) is 15.1. The number of nitrogens with zero attached hydrogens (tertiary/aromatic N) is 3. The van der Waals surface area contributed by atoms with Crippen LogP contribution in [0.15, 0.2) is 10.6 Å². The normalized spacial score (nSPS) is 27.3. The third kappa shape index (κ3) is 3.15. The van der Waals surface area contributed by atoms with Crippen molar-refractivity contribution in [2.24, 2.45) is 0 Å². The average molecular weight is 319 g/mol. The molecule has 3 fully saturated rings. The smallest absolute Gasteiger partial charge is 0.292 e. The summed E-state index contributed by atoms with van der Waals surface area (Å²) in [6.07, 6.45) is 4.54. The summed E-state index contributed by atoms with van der Waals surface area (Å²) in [5.74, 6) is 0.907. The van der Waals surface area contributed by atoms with E-state index in [2.05, 4.69) is 17.0 Å². The van der Waals surface area contributed by atoms with Gasteiger partial charge in [0.05, 0.1) is 5.69 Å². The molecule has 6 heteroatoms. The molecule has 1 saturated carbocycles. The molecule has 23 heavy (non-hydrogen) atoms. The van der Waals surface area contributed by atoms with E-state index in [4.69, 9.17) is 9.26 Å². The first-order chi connectivity index (χ1) is 11.2. The molecule has 0 aromatic carbocycles. The minimum atomic E-state index is -0.0106. The Morgan fingerprint density at radius 1 is 1.22 bits per heavy atom. The van der Waals surface area contributed by atoms with E-state index in [0.29, 0.717) is 17.7 Å². The highest BCUT2D eigenvalue weighted by molar-refractivity contribution is 5.91. The number of carbonyl (C=O) groups is 1. The predicted molar refractivity (Wildman–Crippen MR) is 84.4 cm³/mol. The molecule has 2 aliphatic heterocycles. The van der Waals surface area contributed by atoms with Gasteiger partial charge in [-0.2, -0.15) is 0 Å². The van der Waals surface area contributed by atoms with E-state index in [0.717, 1.165) is 51.4 Å². The Morgan fingerprint density at radius 2 is 2.00 bits per heavy atom. The van der Waals surface area contributed by atoms with Gasteiger partial charge in [0.25, 0.3) is 5.91 Å². The van der Waals surface area contributed by atoms with E-state index in [1.54, 1.807) is 0 Å². The first-order valence-electron chi connectivity index (χ1n) is 8.82. The second kappa shape index (κ2) is 6.24. The molecule has 1 aromatic heterocycles. The van der Waals surface area contributed by atoms with Gasteiger partial charge in [-0.1, -0.05) is 5.16 Å². The van der Waals surface area contributed by atoms with Crippen LogP contribution in [0.2, 0.25) is 0 Å². The van der Waals surface area contributed by atoms with Crippen LogP contribution in [-0.4, -0.2) is 65.8 Å². The van der Waals surface area contributed by atoms with Crippen LogP contribution in [0.4, 0.5) is 0 Å². The molecule has 126 valence electrons. The van der Waals surface area contributed by atoms with E-state index in [-0.39, 0.29) is 11.9 Å². The minimum absolute atomic E-state index is 0.0106. The molecular weight excluding hydrogens is 294 g/mol. The van der Waals surface area contributed by atoms with Crippen molar-refractivity contribution in [2.75, 3.05) is 32.8 Å². The number of carbonyl (C=O) groups excluding carboxylic acids is 1. The molecule has 0 unspecified atom stereocenters. The quantitative estimate of drug-likeness (QED) is 0.851. The number of piperazine rings is 1. The van der Waals surface area contributed by atoms with Gasteiger partial charge < -0.3 is 14.2 Å². The zero-order valence-corrected chi connectivity index (χ0v) is 13.7. The molecular formula is C17H25N3O3. The maximum Gasteiger partial charge on any atom is 0.292 e. The number of hydrogen-bond acceptors (Lipinski definition) is 5. The van der Waals surface area contributed by atoms with Crippen molar-refractivity contribution in [3.63, 3.8) is 0 Å². The van der Waals surface area contributed by atoms with Crippen molar-refractivity contribution in [3.05, 3.63) is 17.5 Å². The highest BCUT2D eigenvalue weighted by Crippen LogP contribution is 2.39. The topological polar surface area (TPSA) is 58.8 Å². The van der Waals surface area contributed by atoms with Crippen LogP contribution >= 0.6 is 0 Å². The van der Waals surface area contributed by atoms with Gasteiger partial charge in [-0.05, 0) is 32.6 Å². The van der Waals surface area contributed by atoms with Gasteiger partial charge in [-0.3, -0.25) is 9.69 Å². The van der Waals surface area contributed by atoms with Crippen molar-refractivity contribution >= 4 is 5.91 Å². The van der Waals surface area contributed by atoms with Gasteiger partial charge in [-0.25, -0.2) is 0 Å². The first-order valence-corrected chi connectivity index (χ1v) is 8.82. The van der Waals surface area contributed by atoms with Gasteiger partial charge >= 0.3 is 0 Å². The average Bonchev–Trinajstić information content (AvgIpc) is 3.32. The van der Waals surface area contributed by atoms with Gasteiger partial charge in [0.15, 0.2) is 0 Å². The SMILES string of the molecule is C[C@H]1CN(C2CCOCC2)CCN1C(=O)c1cc(C2CC2)no1. The van der Waals surface area contributed by atoms with Crippen LogP contribution in [0, 0.1) is 0 Å². The molecule has 0 radical (unpaired) electrons. The van der Waals surface area contributed by atoms with Crippen LogP contribution in [-0.2, 0) is 4.74 Å². The molecule has 0 N–H and O–H groups in total. The van der Waals surface area contributed by atoms with Crippen LogP contribution in [0.3, 0.4) is 0 Å². The lowest BCUT2D eigenvalue weighted by Gasteiger charge is -2.43. The van der Waals surface area contributed by atoms with Gasteiger partial charge in [0.1, 0.15) is 0 Å². The number of amides is 1. The summed E-state index contributed by atoms with van der Waals surface area (Å²) in [7, 11) is 0. The van der Waals surface area contributed by atoms with Crippen molar-refractivity contribution in [1.29, 1.82) is 0 Å². The van der Waals surface area contributed by atoms with Crippen molar-refractivity contribution in [3.8, 4) is 0 Å². The van der Waals surface area contributed by atoms with Crippen LogP contribution in [0.5, 0.6) is 0 Å². The van der Waals surface area contributed by atoms with Crippen molar-refractivity contribution in [2.45, 2.75) is 50.6 Å². The van der Waals surface area contributed by atoms with Gasteiger partial charge in [0, 0.05) is 56.9 Å². The minimum Gasteiger partial charge on any atom is -0.381 e. The molecule has 1 aliphatic carbocycles. The molecule has 2 saturated heterocycles. The fraction of sp³-hybridized carbons (Fsp3) is 0.765. The zero-order valence-electron chi connectivity index (χ0n) is 13.7. The third-order valence-electron chi connectivity index (χ3n) is 5.36. The fourth-order valence-electron chi connectivity index (χ4n) is 3.77. The molecule has 0 bridgehead atoms. The lowest BCUT2D eigenvalue weighted by atomic mass is 10.0. The van der Waals surface area contributed by atoms with Crippen LogP contribution in [0.25, 0.3) is 0 Å². The molecule has 1 amide bonds. The Labute approximate surface area is 136 Å². The number of rotatable bonds is 3. The summed E-state index contributed by atoms with van der Waals surface area (Å²) in [6.45, 7) is 6.48. The van der Waals surface area contributed by atoms with E-state index in [9.17, 15) is 4.79 Å². The summed E-state index contributed by atoms with van der Waals surface area (Å²) in [4.78, 5) is 17.2. The molecule has 6 nitrogen and oxygen atoms in total. The number of aromatic nitrogens is 1. The van der Waals surface area contributed by atoms with Crippen LogP contribution < -0.4 is 0 Å². The Bertz CT molecular complexity index is 563. The fourth-order valence-corrected chi connectivity index (χ4v) is 3.77. The molecule has 3 heterocycles. The molecule has 0 spiro atoms. The highest BCUT2D eigenvalue weighted by Gasteiger charge is 2.34. The van der Waals surface area contributed by atoms with Crippen LogP contribution in [0.1, 0.15) is 54.8 Å². The summed E-state index contributed by atoms with van der Waals surface area (Å²) in [5.41, 5.74) is 0.946. The number of hydrogen-bond donors (Lipinski definition) is 0. The Balaban J connectivity index is 1.38. The lowest BCUT2D eigenvalue weighted by Crippen LogP contribution is -2.57. The highest BCUT2D eigenvalue weighted by atomic mass is 16.5. The summed E-state index contributed by atoms with van der Waals surface area (Å²) in [6, 6.07) is 2.65. The Hall–Kier alpha value is -1.40. The zero-order chi connectivity index (χ0) is 15.8. The predicted octanol–water partition coefficient (Wildman–Crippen LogP) is 1.88. The van der Waals surface area contributed by atoms with E-state index >= 15 is 0 Å². The summed E-state index contributed by atoms with van der Waals surface area (Å²) >= 11 is 0. The molecule has 1 atom stereocenters. The lowest BCUT2D eigenvalue weighted by molar-refractivity contribution is -0.000332. The maximum absolute atomic E-state index is 12.7. The summed E-state index contributed by atoms with van der Waals surface area (Å²) in [5, 5.41) is 4.06. The second-order valence-electron chi connectivity index (χ2n) is 7.08. The standard InChI is InChI=1S/C17H25N3O3/c1-12-11-19(14-4-8-22-9-5-14)6-7-20(12)17(21)16-10-15(18-23-16)13-2-3-13/h10,12-14H,2-9,11H2,1H3/t12-/m0/s1. The monoisotopic (exact) mass is 319 g/mol. The van der Waals surface area contributed by atoms with Crippen molar-refractivity contribution < 1.29 is 14.1 Å². The van der Waals surface area contributed by atoms with Gasteiger partial charge in [0.2, 0.25) is 5.76 Å². The van der Waals surface area contributed by atoms with Crippen molar-refractivity contribution in [1.82, 2.24) is 15.0 Å². The van der Waals surface area contributed by atoms with E-state index < -0.39 is 0 Å². The van der Waals surface area contributed by atoms with Gasteiger partial charge in [-0.15, -0.1) is 0 Å². The number of ether oxygens (including phenoxy) is 1. The molecule has 3 aliphatic rings. The Morgan fingerprint density at radius 3 is 2.70 bits per heavy atom. The third-order valence-corrected chi connectivity index (χ3v) is 5.36. The molecule has 4 rings (SSSR count).